The molecule has 0 aromatic rings. The number of aliphatic hydroxyl groups excluding tert-OH is 1. The minimum Gasteiger partial charge on any atom is -0.392 e. The highest BCUT2D eigenvalue weighted by molar-refractivity contribution is 5.80. The summed E-state index contributed by atoms with van der Waals surface area (Å²) in [6, 6.07) is 0. The van der Waals surface area contributed by atoms with Crippen molar-refractivity contribution in [1.82, 2.24) is 0 Å². The molecular weight excluding hydrogens is 234 g/mol. The molecule has 2 heteroatoms. The van der Waals surface area contributed by atoms with E-state index in [1.807, 2.05) is 46.8 Å². The van der Waals surface area contributed by atoms with Gasteiger partial charge in [0.25, 0.3) is 0 Å². The Bertz CT molecular complexity index is 346. The molecule has 1 aliphatic carbocycles. The van der Waals surface area contributed by atoms with Crippen LogP contribution in [0.5, 0.6) is 0 Å². The van der Waals surface area contributed by atoms with Crippen molar-refractivity contribution in [2.45, 2.75) is 47.5 Å². The number of aliphatic hydroxyl groups is 1. The lowest BCUT2D eigenvalue weighted by Gasteiger charge is -2.05. The van der Waals surface area contributed by atoms with Gasteiger partial charge in [-0.15, -0.1) is 0 Å². The van der Waals surface area contributed by atoms with Gasteiger partial charge in [-0.05, 0) is 30.9 Å². The van der Waals surface area contributed by atoms with E-state index in [1.54, 1.807) is 6.21 Å². The summed E-state index contributed by atoms with van der Waals surface area (Å²) >= 11 is 0. The lowest BCUT2D eigenvalue weighted by molar-refractivity contribution is 0.337. The van der Waals surface area contributed by atoms with Gasteiger partial charge in [-0.1, -0.05) is 58.6 Å². The van der Waals surface area contributed by atoms with Crippen molar-refractivity contribution in [2.24, 2.45) is 4.99 Å². The van der Waals surface area contributed by atoms with Crippen LogP contribution in [0.15, 0.2) is 52.7 Å². The molecule has 2 nitrogen and oxygen atoms in total. The average molecular weight is 263 g/mol. The lowest BCUT2D eigenvalue weighted by Crippen LogP contribution is -1.93. The molecule has 0 atom stereocenters. The van der Waals surface area contributed by atoms with Gasteiger partial charge in [0.1, 0.15) is 0 Å². The van der Waals surface area contributed by atoms with E-state index in [4.69, 9.17) is 5.11 Å². The minimum absolute atomic E-state index is 0.0160. The van der Waals surface area contributed by atoms with Gasteiger partial charge in [0.2, 0.25) is 0 Å². The van der Waals surface area contributed by atoms with Crippen LogP contribution < -0.4 is 0 Å². The van der Waals surface area contributed by atoms with Crippen molar-refractivity contribution < 1.29 is 5.11 Å². The Morgan fingerprint density at radius 1 is 1.32 bits per heavy atom. The van der Waals surface area contributed by atoms with E-state index in [2.05, 4.69) is 23.7 Å². The van der Waals surface area contributed by atoms with Crippen molar-refractivity contribution in [2.75, 3.05) is 6.61 Å². The average Bonchev–Trinajstić information content (AvgIpc) is 2.53. The topological polar surface area (TPSA) is 32.6 Å². The van der Waals surface area contributed by atoms with Gasteiger partial charge in [0.05, 0.1) is 12.3 Å². The Balaban J connectivity index is 0. The zero-order chi connectivity index (χ0) is 15.1. The maximum atomic E-state index is 8.93. The molecule has 0 bridgehead atoms. The first-order valence-electron chi connectivity index (χ1n) is 7.14. The lowest BCUT2D eigenvalue weighted by atomic mass is 10.1. The first-order chi connectivity index (χ1) is 9.27. The number of nitrogens with zero attached hydrogens (tertiary/aromatic N) is 1. The molecule has 0 spiro atoms. The Hall–Kier alpha value is -1.41. The maximum Gasteiger partial charge on any atom is 0.0693 e. The van der Waals surface area contributed by atoms with Crippen LogP contribution in [0.4, 0.5) is 0 Å². The molecule has 0 saturated heterocycles. The normalized spacial score (nSPS) is 14.0. The summed E-state index contributed by atoms with van der Waals surface area (Å²) < 4.78 is 0. The fourth-order valence-electron chi connectivity index (χ4n) is 1.27. The second-order valence-corrected chi connectivity index (χ2v) is 3.37. The summed E-state index contributed by atoms with van der Waals surface area (Å²) in [5, 5.41) is 8.93. The van der Waals surface area contributed by atoms with Crippen LogP contribution in [-0.2, 0) is 0 Å². The molecule has 1 aliphatic rings. The van der Waals surface area contributed by atoms with Crippen molar-refractivity contribution >= 4 is 6.21 Å². The molecule has 0 amide bonds. The molecule has 0 radical (unpaired) electrons. The van der Waals surface area contributed by atoms with Crippen molar-refractivity contribution in [3.63, 3.8) is 0 Å². The first-order valence-corrected chi connectivity index (χ1v) is 7.14. The van der Waals surface area contributed by atoms with E-state index in [-0.39, 0.29) is 6.61 Å². The molecule has 0 aromatic heterocycles. The van der Waals surface area contributed by atoms with Crippen LogP contribution in [-0.4, -0.2) is 17.9 Å². The van der Waals surface area contributed by atoms with E-state index < -0.39 is 0 Å². The molecular formula is C17H29NO. The van der Waals surface area contributed by atoms with Gasteiger partial charge in [-0.25, -0.2) is 0 Å². The fraction of sp³-hybridized carbons (Fsp3) is 0.471. The summed E-state index contributed by atoms with van der Waals surface area (Å²) in [5.74, 6) is 0. The Morgan fingerprint density at radius 3 is 2.37 bits per heavy atom. The van der Waals surface area contributed by atoms with E-state index in [0.29, 0.717) is 0 Å². The molecule has 0 aromatic carbocycles. The summed E-state index contributed by atoms with van der Waals surface area (Å²) in [4.78, 5) is 4.22. The quantitative estimate of drug-likeness (QED) is 0.723. The molecule has 0 unspecified atom stereocenters. The third-order valence-corrected chi connectivity index (χ3v) is 2.27. The fourth-order valence-corrected chi connectivity index (χ4v) is 1.27. The Labute approximate surface area is 119 Å². The van der Waals surface area contributed by atoms with Crippen LogP contribution in [0.2, 0.25) is 0 Å². The highest BCUT2D eigenvalue weighted by atomic mass is 16.3. The van der Waals surface area contributed by atoms with E-state index in [1.165, 1.54) is 0 Å². The van der Waals surface area contributed by atoms with Crippen LogP contribution in [0.1, 0.15) is 47.5 Å². The van der Waals surface area contributed by atoms with Gasteiger partial charge < -0.3 is 5.11 Å². The third kappa shape index (κ3) is 9.20. The van der Waals surface area contributed by atoms with Gasteiger partial charge in [-0.2, -0.15) is 0 Å². The van der Waals surface area contributed by atoms with E-state index in [0.717, 1.165) is 29.7 Å². The minimum atomic E-state index is 0.0160. The van der Waals surface area contributed by atoms with Gasteiger partial charge in [-0.3, -0.25) is 4.99 Å². The van der Waals surface area contributed by atoms with Crippen LogP contribution in [0.25, 0.3) is 0 Å². The molecule has 0 saturated carbocycles. The predicted molar refractivity (Wildman–Crippen MR) is 87.6 cm³/mol. The second-order valence-electron chi connectivity index (χ2n) is 3.37. The highest BCUT2D eigenvalue weighted by Gasteiger charge is 1.99. The van der Waals surface area contributed by atoms with Gasteiger partial charge in [0.15, 0.2) is 0 Å². The number of aliphatic imine (C=N–C) groups is 1. The van der Waals surface area contributed by atoms with Crippen molar-refractivity contribution in [3.8, 4) is 0 Å². The Kier molecular flexibility index (Phi) is 15.4. The first kappa shape index (κ1) is 19.9. The van der Waals surface area contributed by atoms with Gasteiger partial charge >= 0.3 is 0 Å². The van der Waals surface area contributed by atoms with Crippen LogP contribution >= 0.6 is 0 Å². The second kappa shape index (κ2) is 14.7. The van der Waals surface area contributed by atoms with E-state index in [9.17, 15) is 0 Å². The van der Waals surface area contributed by atoms with E-state index >= 15 is 0 Å². The molecule has 1 N–H and O–H groups in total. The number of rotatable bonds is 4. The number of hydrogen-bond acceptors (Lipinski definition) is 2. The molecule has 0 heterocycles. The summed E-state index contributed by atoms with van der Waals surface area (Å²) in [5.41, 5.74) is 2.63. The number of hydrogen-bond donors (Lipinski definition) is 1. The van der Waals surface area contributed by atoms with Crippen LogP contribution in [0, 0.1) is 0 Å². The highest BCUT2D eigenvalue weighted by Crippen LogP contribution is 2.17. The SMILES string of the molecule is C=C(N=C/C(=C\C)CO)C1=CCCC=C1.CC.CC. The van der Waals surface area contributed by atoms with Crippen molar-refractivity contribution in [3.05, 3.63) is 47.7 Å². The Morgan fingerprint density at radius 2 is 1.95 bits per heavy atom. The van der Waals surface area contributed by atoms with Crippen molar-refractivity contribution in [1.29, 1.82) is 0 Å². The molecule has 1 rings (SSSR count). The molecule has 108 valence electrons. The van der Waals surface area contributed by atoms with Crippen LogP contribution in [0.3, 0.4) is 0 Å². The van der Waals surface area contributed by atoms with Gasteiger partial charge in [0, 0.05) is 6.21 Å². The smallest absolute Gasteiger partial charge is 0.0693 e. The maximum absolute atomic E-state index is 8.93. The number of allylic oxidation sites excluding steroid dienone is 4. The summed E-state index contributed by atoms with van der Waals surface area (Å²) in [6.07, 6.45) is 11.9. The standard InChI is InChI=1S/C13H17NO.2C2H6/c1-3-12(10-15)9-14-11(2)13-7-5-4-6-8-13;2*1-2/h3,5,7-9,15H,2,4,6,10H2,1H3;2*1-2H3/b12-3+,14-9?;;. The zero-order valence-electron chi connectivity index (χ0n) is 13.1. The molecule has 0 fully saturated rings. The molecule has 19 heavy (non-hydrogen) atoms. The third-order valence-electron chi connectivity index (χ3n) is 2.27. The monoisotopic (exact) mass is 263 g/mol. The summed E-state index contributed by atoms with van der Waals surface area (Å²) in [7, 11) is 0. The largest absolute Gasteiger partial charge is 0.392 e. The predicted octanol–water partition coefficient (Wildman–Crippen LogP) is 4.84. The molecule has 0 aliphatic heterocycles. The summed E-state index contributed by atoms with van der Waals surface area (Å²) in [6.45, 7) is 13.8. The zero-order valence-corrected chi connectivity index (χ0v) is 13.1.